The molecule has 0 aliphatic heterocycles. The van der Waals surface area contributed by atoms with E-state index in [1.807, 2.05) is 13.1 Å². The van der Waals surface area contributed by atoms with Gasteiger partial charge in [-0.05, 0) is 49.7 Å². The lowest BCUT2D eigenvalue weighted by Gasteiger charge is -2.04. The van der Waals surface area contributed by atoms with Crippen LogP contribution in [0.1, 0.15) is 29.9 Å². The Balaban J connectivity index is 1.90. The number of fused-ring (bicyclic) bond motifs is 1. The molecule has 1 unspecified atom stereocenters. The van der Waals surface area contributed by atoms with E-state index in [0.29, 0.717) is 0 Å². The fraction of sp³-hybridized carbons (Fsp3) is 0.222. The van der Waals surface area contributed by atoms with Crippen molar-refractivity contribution in [3.63, 3.8) is 0 Å². The molecule has 0 saturated carbocycles. The normalized spacial score (nSPS) is 12.7. The zero-order valence-corrected chi connectivity index (χ0v) is 11.9. The molecule has 1 heterocycles. The molecule has 0 saturated heterocycles. The van der Waals surface area contributed by atoms with Gasteiger partial charge in [-0.25, -0.2) is 0 Å². The first-order valence-corrected chi connectivity index (χ1v) is 7.00. The van der Waals surface area contributed by atoms with Gasteiger partial charge in [-0.1, -0.05) is 36.4 Å². The molecule has 3 aromatic rings. The SMILES string of the molecule is CNC(C)c1cc2cc(Cc3ccccc3)ccc2o1. The van der Waals surface area contributed by atoms with E-state index in [1.165, 1.54) is 16.5 Å². The van der Waals surface area contributed by atoms with Crippen molar-refractivity contribution in [1.82, 2.24) is 5.32 Å². The van der Waals surface area contributed by atoms with Gasteiger partial charge in [0.05, 0.1) is 6.04 Å². The number of furan rings is 1. The van der Waals surface area contributed by atoms with Crippen LogP contribution in [0.15, 0.2) is 59.0 Å². The molecule has 1 aromatic heterocycles. The minimum Gasteiger partial charge on any atom is -0.459 e. The molecule has 0 radical (unpaired) electrons. The number of hydrogen-bond acceptors (Lipinski definition) is 2. The second kappa shape index (κ2) is 5.51. The second-order valence-electron chi connectivity index (χ2n) is 5.19. The zero-order valence-electron chi connectivity index (χ0n) is 11.9. The van der Waals surface area contributed by atoms with Crippen molar-refractivity contribution in [3.05, 3.63) is 71.5 Å². The highest BCUT2D eigenvalue weighted by Gasteiger charge is 2.09. The zero-order chi connectivity index (χ0) is 13.9. The summed E-state index contributed by atoms with van der Waals surface area (Å²) in [6.45, 7) is 2.10. The van der Waals surface area contributed by atoms with E-state index in [4.69, 9.17) is 4.42 Å². The third-order valence-electron chi connectivity index (χ3n) is 3.71. The van der Waals surface area contributed by atoms with Crippen LogP contribution < -0.4 is 5.32 Å². The molecule has 0 aliphatic carbocycles. The van der Waals surface area contributed by atoms with E-state index < -0.39 is 0 Å². The van der Waals surface area contributed by atoms with Crippen molar-refractivity contribution in [2.24, 2.45) is 0 Å². The van der Waals surface area contributed by atoms with Crippen LogP contribution in [0.4, 0.5) is 0 Å². The Kier molecular flexibility index (Phi) is 3.57. The van der Waals surface area contributed by atoms with E-state index in [2.05, 4.69) is 60.8 Å². The first kappa shape index (κ1) is 12.9. The van der Waals surface area contributed by atoms with Gasteiger partial charge in [-0.3, -0.25) is 0 Å². The van der Waals surface area contributed by atoms with Gasteiger partial charge in [0, 0.05) is 5.39 Å². The Hall–Kier alpha value is -2.06. The maximum absolute atomic E-state index is 5.86. The molecule has 0 spiro atoms. The van der Waals surface area contributed by atoms with E-state index in [-0.39, 0.29) is 6.04 Å². The quantitative estimate of drug-likeness (QED) is 0.760. The molecule has 1 atom stereocenters. The number of nitrogens with one attached hydrogen (secondary N) is 1. The summed E-state index contributed by atoms with van der Waals surface area (Å²) in [6, 6.07) is 19.3. The van der Waals surface area contributed by atoms with Crippen molar-refractivity contribution in [1.29, 1.82) is 0 Å². The van der Waals surface area contributed by atoms with Crippen molar-refractivity contribution >= 4 is 11.0 Å². The topological polar surface area (TPSA) is 25.2 Å². The Morgan fingerprint density at radius 2 is 1.80 bits per heavy atom. The smallest absolute Gasteiger partial charge is 0.134 e. The van der Waals surface area contributed by atoms with E-state index in [9.17, 15) is 0 Å². The molecule has 0 bridgehead atoms. The Morgan fingerprint density at radius 3 is 2.55 bits per heavy atom. The molecule has 102 valence electrons. The predicted molar refractivity (Wildman–Crippen MR) is 82.9 cm³/mol. The molecule has 0 fully saturated rings. The lowest BCUT2D eigenvalue weighted by molar-refractivity contribution is 0.475. The van der Waals surface area contributed by atoms with Crippen LogP contribution in [0.2, 0.25) is 0 Å². The van der Waals surface area contributed by atoms with Crippen LogP contribution >= 0.6 is 0 Å². The molecule has 2 nitrogen and oxygen atoms in total. The second-order valence-corrected chi connectivity index (χ2v) is 5.19. The third-order valence-corrected chi connectivity index (χ3v) is 3.71. The number of benzene rings is 2. The van der Waals surface area contributed by atoms with Gasteiger partial charge in [-0.2, -0.15) is 0 Å². The summed E-state index contributed by atoms with van der Waals surface area (Å²) in [6.07, 6.45) is 0.957. The maximum Gasteiger partial charge on any atom is 0.134 e. The largest absolute Gasteiger partial charge is 0.459 e. The summed E-state index contributed by atoms with van der Waals surface area (Å²) in [5.74, 6) is 0.986. The Bertz CT molecular complexity index is 700. The van der Waals surface area contributed by atoms with Crippen LogP contribution in [0.5, 0.6) is 0 Å². The van der Waals surface area contributed by atoms with Gasteiger partial charge < -0.3 is 9.73 Å². The Morgan fingerprint density at radius 1 is 1.00 bits per heavy atom. The van der Waals surface area contributed by atoms with Gasteiger partial charge in [0.25, 0.3) is 0 Å². The highest BCUT2D eigenvalue weighted by atomic mass is 16.3. The summed E-state index contributed by atoms with van der Waals surface area (Å²) < 4.78 is 5.86. The fourth-order valence-corrected chi connectivity index (χ4v) is 2.41. The third kappa shape index (κ3) is 2.61. The van der Waals surface area contributed by atoms with Crippen LogP contribution in [0, 0.1) is 0 Å². The molecular weight excluding hydrogens is 246 g/mol. The van der Waals surface area contributed by atoms with E-state index in [0.717, 1.165) is 17.8 Å². The molecule has 2 heteroatoms. The Labute approximate surface area is 119 Å². The molecule has 2 aromatic carbocycles. The highest BCUT2D eigenvalue weighted by Crippen LogP contribution is 2.25. The first-order valence-electron chi connectivity index (χ1n) is 7.00. The lowest BCUT2D eigenvalue weighted by atomic mass is 10.0. The summed E-state index contributed by atoms with van der Waals surface area (Å²) in [4.78, 5) is 0. The van der Waals surface area contributed by atoms with Crippen LogP contribution in [0.3, 0.4) is 0 Å². The minimum absolute atomic E-state index is 0.236. The average molecular weight is 265 g/mol. The standard InChI is InChI=1S/C18H19NO/c1-13(19-2)18-12-16-11-15(8-9-17(16)20-18)10-14-6-4-3-5-7-14/h3-9,11-13,19H,10H2,1-2H3. The highest BCUT2D eigenvalue weighted by molar-refractivity contribution is 5.79. The van der Waals surface area contributed by atoms with Crippen molar-refractivity contribution in [2.75, 3.05) is 7.05 Å². The summed E-state index contributed by atoms with van der Waals surface area (Å²) >= 11 is 0. The number of rotatable bonds is 4. The lowest BCUT2D eigenvalue weighted by Crippen LogP contribution is -2.10. The van der Waals surface area contributed by atoms with Gasteiger partial charge in [0.1, 0.15) is 11.3 Å². The molecule has 1 N–H and O–H groups in total. The monoisotopic (exact) mass is 265 g/mol. The first-order chi connectivity index (χ1) is 9.76. The van der Waals surface area contributed by atoms with Gasteiger partial charge >= 0.3 is 0 Å². The number of hydrogen-bond donors (Lipinski definition) is 1. The maximum atomic E-state index is 5.86. The molecule has 20 heavy (non-hydrogen) atoms. The molecule has 0 aliphatic rings. The van der Waals surface area contributed by atoms with Gasteiger partial charge in [0.15, 0.2) is 0 Å². The van der Waals surface area contributed by atoms with Crippen molar-refractivity contribution in [2.45, 2.75) is 19.4 Å². The van der Waals surface area contributed by atoms with E-state index >= 15 is 0 Å². The van der Waals surface area contributed by atoms with E-state index in [1.54, 1.807) is 0 Å². The molecular formula is C18H19NO. The van der Waals surface area contributed by atoms with Gasteiger partial charge in [0.2, 0.25) is 0 Å². The summed E-state index contributed by atoms with van der Waals surface area (Å²) in [5.41, 5.74) is 3.60. The summed E-state index contributed by atoms with van der Waals surface area (Å²) in [7, 11) is 1.94. The van der Waals surface area contributed by atoms with Gasteiger partial charge in [-0.15, -0.1) is 0 Å². The van der Waals surface area contributed by atoms with Crippen LogP contribution in [-0.2, 0) is 6.42 Å². The minimum atomic E-state index is 0.236. The summed E-state index contributed by atoms with van der Waals surface area (Å²) in [5, 5.41) is 4.38. The van der Waals surface area contributed by atoms with Crippen molar-refractivity contribution < 1.29 is 4.42 Å². The fourth-order valence-electron chi connectivity index (χ4n) is 2.41. The van der Waals surface area contributed by atoms with Crippen LogP contribution in [-0.4, -0.2) is 7.05 Å². The van der Waals surface area contributed by atoms with Crippen LogP contribution in [0.25, 0.3) is 11.0 Å². The average Bonchev–Trinajstić information content (AvgIpc) is 2.90. The molecule has 3 rings (SSSR count). The van der Waals surface area contributed by atoms with Crippen molar-refractivity contribution in [3.8, 4) is 0 Å². The molecule has 0 amide bonds. The predicted octanol–water partition coefficient (Wildman–Crippen LogP) is 4.30.